The molecule has 0 saturated heterocycles. The van der Waals surface area contributed by atoms with Gasteiger partial charge in [-0.05, 0) is 109 Å². The summed E-state index contributed by atoms with van der Waals surface area (Å²) in [6.45, 7) is 31.2. The lowest BCUT2D eigenvalue weighted by atomic mass is 9.61. The molecule has 0 aliphatic heterocycles. The smallest absolute Gasteiger partial charge is 0.312 e. The number of benzene rings is 4. The van der Waals surface area contributed by atoms with Gasteiger partial charge in [0.15, 0.2) is 0 Å². The summed E-state index contributed by atoms with van der Waals surface area (Å²) in [4.78, 5) is 31.3. The van der Waals surface area contributed by atoms with E-state index in [-0.39, 0.29) is 48.3 Å². The van der Waals surface area contributed by atoms with Crippen molar-refractivity contribution in [3.8, 4) is 0 Å². The maximum atomic E-state index is 13.3. The first-order valence-electron chi connectivity index (χ1n) is 20.6. The Kier molecular flexibility index (Phi) is 16.4. The van der Waals surface area contributed by atoms with Gasteiger partial charge in [-0.25, -0.2) is 0 Å². The quantitative estimate of drug-likeness (QED) is 0.0646. The fraction of sp³-hybridized carbons (Fsp3) is 0.510. The highest BCUT2D eigenvalue weighted by atomic mass is 16.6. The summed E-state index contributed by atoms with van der Waals surface area (Å²) in [5.41, 5.74) is 5.96. The molecule has 4 aromatic carbocycles. The third-order valence-electron chi connectivity index (χ3n) is 11.0. The van der Waals surface area contributed by atoms with Crippen LogP contribution in [0.4, 0.5) is 11.4 Å². The summed E-state index contributed by atoms with van der Waals surface area (Å²) in [5.74, 6) is -0.607. The van der Waals surface area contributed by atoms with Crippen LogP contribution in [0.5, 0.6) is 0 Å². The summed E-state index contributed by atoms with van der Waals surface area (Å²) >= 11 is 0. The van der Waals surface area contributed by atoms with E-state index < -0.39 is 5.41 Å². The molecule has 1 atom stereocenters. The van der Waals surface area contributed by atoms with Crippen LogP contribution in [0.2, 0.25) is 0 Å². The Balaban J connectivity index is 0.00000399. The largest absolute Gasteiger partial charge is 0.462 e. The van der Waals surface area contributed by atoms with Crippen LogP contribution in [0, 0.1) is 16.2 Å². The minimum absolute atomic E-state index is 0.0100. The highest BCUT2D eigenvalue weighted by Gasteiger charge is 2.47. The summed E-state index contributed by atoms with van der Waals surface area (Å²) in [6, 6.07) is 30.6. The van der Waals surface area contributed by atoms with Gasteiger partial charge in [-0.2, -0.15) is 0 Å². The van der Waals surface area contributed by atoms with Crippen molar-refractivity contribution in [1.29, 1.82) is 0 Å². The molecule has 4 rings (SSSR count). The van der Waals surface area contributed by atoms with Gasteiger partial charge >= 0.3 is 11.9 Å². The molecule has 0 heterocycles. The molecule has 0 fully saturated rings. The zero-order valence-corrected chi connectivity index (χ0v) is 36.3. The molecule has 0 aromatic heterocycles. The highest BCUT2D eigenvalue weighted by Crippen LogP contribution is 2.47. The van der Waals surface area contributed by atoms with Crippen LogP contribution >= 0.6 is 0 Å². The maximum Gasteiger partial charge on any atom is 0.312 e. The van der Waals surface area contributed by atoms with E-state index >= 15 is 0 Å². The van der Waals surface area contributed by atoms with Gasteiger partial charge in [-0.15, -0.1) is 0 Å². The number of ether oxygens (including phenoxy) is 2. The molecule has 0 N–H and O–H groups in total. The number of anilines is 2. The molecule has 55 heavy (non-hydrogen) atoms. The Morgan fingerprint density at radius 3 is 1.49 bits per heavy atom. The number of fused-ring (bicyclic) bond motifs is 1. The monoisotopic (exact) mass is 751 g/mol. The third kappa shape index (κ3) is 11.4. The number of hydrogen-bond acceptors (Lipinski definition) is 6. The number of rotatable bonds is 16. The Labute approximate surface area is 333 Å². The minimum Gasteiger partial charge on any atom is -0.462 e. The zero-order valence-electron chi connectivity index (χ0n) is 36.3. The molecule has 6 heteroatoms. The normalized spacial score (nSPS) is 12.8. The Bertz CT molecular complexity index is 1740. The molecule has 0 aliphatic carbocycles. The van der Waals surface area contributed by atoms with Crippen LogP contribution in [0.1, 0.15) is 125 Å². The first kappa shape index (κ1) is 45.1. The van der Waals surface area contributed by atoms with Crippen LogP contribution in [0.25, 0.3) is 10.8 Å². The second-order valence-corrected chi connectivity index (χ2v) is 16.7. The van der Waals surface area contributed by atoms with E-state index in [9.17, 15) is 9.59 Å². The Morgan fingerprint density at radius 1 is 0.600 bits per heavy atom. The molecule has 0 bridgehead atoms. The first-order chi connectivity index (χ1) is 26.1. The number of carbonyl (C=O) groups is 2. The van der Waals surface area contributed by atoms with Crippen molar-refractivity contribution in [3.05, 3.63) is 107 Å². The van der Waals surface area contributed by atoms with E-state index in [1.54, 1.807) is 0 Å². The lowest BCUT2D eigenvalue weighted by Crippen LogP contribution is -2.44. The van der Waals surface area contributed by atoms with Gasteiger partial charge in [-0.1, -0.05) is 116 Å². The van der Waals surface area contributed by atoms with Crippen molar-refractivity contribution in [2.24, 2.45) is 16.2 Å². The van der Waals surface area contributed by atoms with Gasteiger partial charge in [0.25, 0.3) is 0 Å². The predicted molar refractivity (Wildman–Crippen MR) is 234 cm³/mol. The second kappa shape index (κ2) is 20.0. The van der Waals surface area contributed by atoms with Crippen molar-refractivity contribution >= 4 is 34.1 Å². The van der Waals surface area contributed by atoms with E-state index in [0.717, 1.165) is 42.5 Å². The molecule has 0 spiro atoms. The molecule has 4 aromatic rings. The fourth-order valence-corrected chi connectivity index (χ4v) is 7.63. The molecule has 0 amide bonds. The molecule has 300 valence electrons. The molecule has 6 nitrogen and oxygen atoms in total. The van der Waals surface area contributed by atoms with Crippen molar-refractivity contribution in [2.45, 2.75) is 109 Å². The van der Waals surface area contributed by atoms with Gasteiger partial charge < -0.3 is 19.3 Å². The molecular formula is C49H70N2O4. The molecule has 1 unspecified atom stereocenters. The van der Waals surface area contributed by atoms with Crippen molar-refractivity contribution < 1.29 is 19.1 Å². The summed E-state index contributed by atoms with van der Waals surface area (Å²) in [5, 5.41) is 2.14. The fourth-order valence-electron chi connectivity index (χ4n) is 7.63. The number of hydrogen-bond donors (Lipinski definition) is 0. The average Bonchev–Trinajstić information content (AvgIpc) is 3.16. The molecule has 0 radical (unpaired) electrons. The van der Waals surface area contributed by atoms with E-state index in [1.165, 1.54) is 28.1 Å². The van der Waals surface area contributed by atoms with Gasteiger partial charge in [0, 0.05) is 43.5 Å². The lowest BCUT2D eigenvalue weighted by molar-refractivity contribution is -0.168. The van der Waals surface area contributed by atoms with Crippen molar-refractivity contribution in [1.82, 2.24) is 0 Å². The van der Waals surface area contributed by atoms with E-state index in [1.807, 2.05) is 26.8 Å². The zero-order chi connectivity index (χ0) is 41.0. The van der Waals surface area contributed by atoms with Gasteiger partial charge in [0.2, 0.25) is 0 Å². The number of esters is 2. The SMILES string of the molecule is CC.CCN(CC)c1ccc(C(c2ccc(N(CC)CC)cc2)c2ccc(CC(=O)OCCOC(=O)C(C)(CC(C)(C)C)C(C)(C)C)c3ccccc23)cc1. The summed E-state index contributed by atoms with van der Waals surface area (Å²) < 4.78 is 11.4. The van der Waals surface area contributed by atoms with Crippen LogP contribution < -0.4 is 9.80 Å². The standard InChI is InChI=1S/C47H64N2O4.C2H6/c1-12-48(13-2)37-25-20-34(21-26-37)43(35-22-27-38(28-23-35)49(14-3)15-4)41-29-24-36(39-18-16-17-19-40(39)41)32-42(50)52-30-31-53-44(51)47(11,46(8,9)10)33-45(5,6)7;1-2/h16-29,43H,12-15,30-33H2,1-11H3;1-2H3. The Hall–Kier alpha value is -4.32. The topological polar surface area (TPSA) is 59.1 Å². The van der Waals surface area contributed by atoms with E-state index in [2.05, 4.69) is 158 Å². The first-order valence-corrected chi connectivity index (χ1v) is 20.6. The molecular weight excluding hydrogens is 681 g/mol. The average molecular weight is 751 g/mol. The number of carbonyl (C=O) groups excluding carboxylic acids is 2. The summed E-state index contributed by atoms with van der Waals surface area (Å²) in [7, 11) is 0. The van der Waals surface area contributed by atoms with Crippen LogP contribution in [-0.4, -0.2) is 51.3 Å². The summed E-state index contributed by atoms with van der Waals surface area (Å²) in [6.07, 6.45) is 0.815. The van der Waals surface area contributed by atoms with Crippen molar-refractivity contribution in [3.63, 3.8) is 0 Å². The lowest BCUT2D eigenvalue weighted by Gasteiger charge is -2.43. The maximum absolute atomic E-state index is 13.3. The minimum atomic E-state index is -0.672. The second-order valence-electron chi connectivity index (χ2n) is 16.7. The highest BCUT2D eigenvalue weighted by molar-refractivity contribution is 5.92. The van der Waals surface area contributed by atoms with Crippen molar-refractivity contribution in [2.75, 3.05) is 49.2 Å². The van der Waals surface area contributed by atoms with Gasteiger partial charge in [0.1, 0.15) is 13.2 Å². The molecule has 0 aliphatic rings. The van der Waals surface area contributed by atoms with E-state index in [0.29, 0.717) is 6.42 Å². The van der Waals surface area contributed by atoms with Crippen LogP contribution in [0.15, 0.2) is 84.9 Å². The molecule has 0 saturated carbocycles. The van der Waals surface area contributed by atoms with Gasteiger partial charge in [-0.3, -0.25) is 9.59 Å². The number of nitrogens with zero attached hydrogens (tertiary/aromatic N) is 2. The van der Waals surface area contributed by atoms with E-state index in [4.69, 9.17) is 9.47 Å². The van der Waals surface area contributed by atoms with Crippen LogP contribution in [0.3, 0.4) is 0 Å². The predicted octanol–water partition coefficient (Wildman–Crippen LogP) is 11.9. The van der Waals surface area contributed by atoms with Gasteiger partial charge in [0.05, 0.1) is 11.8 Å². The van der Waals surface area contributed by atoms with Crippen LogP contribution in [-0.2, 0) is 25.5 Å². The third-order valence-corrected chi connectivity index (χ3v) is 11.0. The Morgan fingerprint density at radius 2 is 1.05 bits per heavy atom.